The molecule has 1 aliphatic carbocycles. The zero-order chi connectivity index (χ0) is 35.0. The van der Waals surface area contributed by atoms with E-state index in [1.165, 1.54) is 30.5 Å². The zero-order valence-electron chi connectivity index (χ0n) is 27.9. The molecule has 2 N–H and O–H groups in total. The highest BCUT2D eigenvalue weighted by Crippen LogP contribution is 2.43. The topological polar surface area (TPSA) is 141 Å². The second-order valence-electron chi connectivity index (χ2n) is 14.7. The molecule has 0 radical (unpaired) electrons. The fraction of sp³-hybridized carbons (Fsp3) is 0.486. The van der Waals surface area contributed by atoms with Gasteiger partial charge in [-0.25, -0.2) is 13.2 Å². The van der Waals surface area contributed by atoms with E-state index in [1.807, 2.05) is 4.90 Å². The van der Waals surface area contributed by atoms with Gasteiger partial charge in [-0.15, -0.1) is 0 Å². The van der Waals surface area contributed by atoms with Crippen LogP contribution in [0, 0.1) is 28.9 Å². The van der Waals surface area contributed by atoms with E-state index >= 15 is 8.78 Å². The molecule has 4 aromatic rings. The van der Waals surface area contributed by atoms with Gasteiger partial charge in [-0.05, 0) is 61.7 Å². The first-order chi connectivity index (χ1) is 24.7. The van der Waals surface area contributed by atoms with Crippen molar-refractivity contribution in [3.63, 3.8) is 0 Å². The number of benzene rings is 2. The Morgan fingerprint density at radius 2 is 2.02 bits per heavy atom. The molecule has 4 saturated heterocycles. The Balaban J connectivity index is 1.11. The normalized spacial score (nSPS) is 27.6. The molecule has 0 spiro atoms. The van der Waals surface area contributed by atoms with E-state index in [0.29, 0.717) is 43.2 Å². The average Bonchev–Trinajstić information content (AvgIpc) is 4.03. The number of hydrogen-bond acceptors (Lipinski definition) is 10. The third kappa shape index (κ3) is 5.57. The van der Waals surface area contributed by atoms with Crippen molar-refractivity contribution in [2.75, 3.05) is 44.2 Å². The maximum Gasteiger partial charge on any atom is 0.319 e. The van der Waals surface area contributed by atoms with E-state index in [0.717, 1.165) is 32.2 Å². The molecule has 6 heterocycles. The standard InChI is InChI=1S/C37H37F3N8O3/c38-22-15-37(8-2-10-47(37)17-22)19-51-36-44-32-26(16-42-31(29(32)40)25-14-24(49)13-21-3-1-4-27(39)28(21)25)34(45-36)46-11-12-48(23(18-46)7-9-41)35(50)33-30(43-33)20-5-6-20/h1,3-4,13-14,16,20,22-23,30,33,43,49H,2,5-8,10-12,15,17-19H2/t22-,23+,30-,33-,37+/m1/s1. The molecule has 2 aromatic carbocycles. The Morgan fingerprint density at radius 1 is 1.16 bits per heavy atom. The highest BCUT2D eigenvalue weighted by Gasteiger charge is 2.53. The first-order valence-electron chi connectivity index (χ1n) is 17.7. The molecule has 11 nitrogen and oxygen atoms in total. The number of nitrogens with one attached hydrogen (secondary N) is 1. The van der Waals surface area contributed by atoms with Crippen LogP contribution in [0.1, 0.15) is 38.5 Å². The largest absolute Gasteiger partial charge is 0.508 e. The number of hydrogen-bond donors (Lipinski definition) is 2. The van der Waals surface area contributed by atoms with Crippen LogP contribution in [0.15, 0.2) is 36.5 Å². The lowest BCUT2D eigenvalue weighted by atomic mass is 9.95. The summed E-state index contributed by atoms with van der Waals surface area (Å²) < 4.78 is 52.9. The van der Waals surface area contributed by atoms with Gasteiger partial charge in [-0.1, -0.05) is 12.1 Å². The minimum atomic E-state index is -0.966. The van der Waals surface area contributed by atoms with Gasteiger partial charge in [0.1, 0.15) is 47.4 Å². The van der Waals surface area contributed by atoms with E-state index in [1.54, 1.807) is 11.0 Å². The van der Waals surface area contributed by atoms with Crippen molar-refractivity contribution in [3.8, 4) is 29.1 Å². The second-order valence-corrected chi connectivity index (χ2v) is 14.7. The number of carbonyl (C=O) groups excluding carboxylic acids is 1. The number of aromatic nitrogens is 3. The number of nitrogens with zero attached hydrogens (tertiary/aromatic N) is 7. The van der Waals surface area contributed by atoms with Crippen LogP contribution in [0.25, 0.3) is 32.9 Å². The monoisotopic (exact) mass is 698 g/mol. The zero-order valence-corrected chi connectivity index (χ0v) is 27.9. The Kier molecular flexibility index (Phi) is 7.70. The van der Waals surface area contributed by atoms with Gasteiger partial charge in [0.15, 0.2) is 5.82 Å². The molecule has 1 amide bonds. The Labute approximate surface area is 292 Å². The molecule has 2 aromatic heterocycles. The molecule has 51 heavy (non-hydrogen) atoms. The maximum atomic E-state index is 16.9. The van der Waals surface area contributed by atoms with Crippen molar-refractivity contribution >= 4 is 33.4 Å². The number of aromatic hydroxyl groups is 1. The van der Waals surface area contributed by atoms with Gasteiger partial charge in [-0.2, -0.15) is 15.2 Å². The molecule has 4 aliphatic heterocycles. The predicted octanol–water partition coefficient (Wildman–Crippen LogP) is 4.47. The highest BCUT2D eigenvalue weighted by molar-refractivity contribution is 6.00. The SMILES string of the molecule is N#CC[C@H]1CN(c2nc(OC[C@@]34CCCN3C[C@H](F)C4)nc3c(F)c(-c4cc(O)cc5cccc(F)c45)ncc23)CCN1C(=O)[C@@H]1N[C@@H]1C1CC1. The second kappa shape index (κ2) is 12.2. The van der Waals surface area contributed by atoms with Crippen molar-refractivity contribution < 1.29 is 27.8 Å². The van der Waals surface area contributed by atoms with Crippen LogP contribution in [0.4, 0.5) is 19.0 Å². The number of nitriles is 1. The van der Waals surface area contributed by atoms with Crippen LogP contribution >= 0.6 is 0 Å². The van der Waals surface area contributed by atoms with E-state index in [-0.39, 0.29) is 76.9 Å². The number of ether oxygens (including phenoxy) is 1. The lowest BCUT2D eigenvalue weighted by Gasteiger charge is -2.41. The third-order valence-electron chi connectivity index (χ3n) is 11.5. The summed E-state index contributed by atoms with van der Waals surface area (Å²) in [5.74, 6) is -0.770. The summed E-state index contributed by atoms with van der Waals surface area (Å²) in [5.41, 5.74) is -0.768. The lowest BCUT2D eigenvalue weighted by molar-refractivity contribution is -0.133. The van der Waals surface area contributed by atoms with Gasteiger partial charge in [0, 0.05) is 55.8 Å². The number of fused-ring (bicyclic) bond motifs is 3. The van der Waals surface area contributed by atoms with Gasteiger partial charge < -0.3 is 19.6 Å². The first-order valence-corrected chi connectivity index (χ1v) is 17.7. The van der Waals surface area contributed by atoms with E-state index in [4.69, 9.17) is 9.72 Å². The van der Waals surface area contributed by atoms with E-state index in [9.17, 15) is 19.6 Å². The van der Waals surface area contributed by atoms with Crippen LogP contribution in [-0.4, -0.2) is 105 Å². The fourth-order valence-electron chi connectivity index (χ4n) is 8.75. The average molecular weight is 699 g/mol. The molecular formula is C37H37F3N8O3. The number of carbonyl (C=O) groups is 1. The predicted molar refractivity (Wildman–Crippen MR) is 182 cm³/mol. The number of anilines is 1. The van der Waals surface area contributed by atoms with E-state index in [2.05, 4.69) is 26.3 Å². The Bertz CT molecular complexity index is 2110. The van der Waals surface area contributed by atoms with Gasteiger partial charge >= 0.3 is 6.01 Å². The molecule has 0 unspecified atom stereocenters. The van der Waals surface area contributed by atoms with Crippen LogP contribution < -0.4 is 15.0 Å². The van der Waals surface area contributed by atoms with Crippen molar-refractivity contribution in [1.29, 1.82) is 5.26 Å². The summed E-state index contributed by atoms with van der Waals surface area (Å²) in [6.07, 6.45) is 4.81. The smallest absolute Gasteiger partial charge is 0.319 e. The number of phenolic OH excluding ortho intramolecular Hbond substituents is 1. The molecule has 1 saturated carbocycles. The van der Waals surface area contributed by atoms with Crippen LogP contribution in [0.2, 0.25) is 0 Å². The number of pyridine rings is 1. The molecule has 5 aliphatic rings. The van der Waals surface area contributed by atoms with Gasteiger partial charge in [-0.3, -0.25) is 20.0 Å². The number of rotatable bonds is 8. The molecule has 9 rings (SSSR count). The summed E-state index contributed by atoms with van der Waals surface area (Å²) in [7, 11) is 0. The number of alkyl halides is 1. The molecular weight excluding hydrogens is 661 g/mol. The number of piperazine rings is 1. The highest BCUT2D eigenvalue weighted by atomic mass is 19.1. The van der Waals surface area contributed by atoms with Gasteiger partial charge in [0.25, 0.3) is 0 Å². The van der Waals surface area contributed by atoms with Crippen molar-refractivity contribution in [2.45, 2.75) is 68.4 Å². The summed E-state index contributed by atoms with van der Waals surface area (Å²) >= 11 is 0. The minimum Gasteiger partial charge on any atom is -0.508 e. The quantitative estimate of drug-likeness (QED) is 0.254. The van der Waals surface area contributed by atoms with Crippen LogP contribution in [0.5, 0.6) is 11.8 Å². The van der Waals surface area contributed by atoms with Gasteiger partial charge in [0.05, 0.1) is 29.5 Å². The number of amides is 1. The minimum absolute atomic E-state index is 0.00519. The molecule has 14 heteroatoms. The van der Waals surface area contributed by atoms with Gasteiger partial charge in [0.2, 0.25) is 5.91 Å². The van der Waals surface area contributed by atoms with Crippen molar-refractivity contribution in [3.05, 3.63) is 48.2 Å². The molecule has 5 fully saturated rings. The van der Waals surface area contributed by atoms with E-state index < -0.39 is 29.4 Å². The summed E-state index contributed by atoms with van der Waals surface area (Å²) in [4.78, 5) is 33.1. The lowest BCUT2D eigenvalue weighted by Crippen LogP contribution is -2.56. The third-order valence-corrected chi connectivity index (χ3v) is 11.5. The first kappa shape index (κ1) is 32.2. The van der Waals surface area contributed by atoms with Crippen LogP contribution in [-0.2, 0) is 4.79 Å². The van der Waals surface area contributed by atoms with Crippen molar-refractivity contribution in [2.24, 2.45) is 5.92 Å². The number of phenols is 1. The summed E-state index contributed by atoms with van der Waals surface area (Å²) in [6, 6.07) is 8.73. The maximum absolute atomic E-state index is 16.9. The molecule has 0 bridgehead atoms. The Hall–Kier alpha value is -4.74. The van der Waals surface area contributed by atoms with Crippen molar-refractivity contribution in [1.82, 2.24) is 30.1 Å². The molecule has 5 atom stereocenters. The summed E-state index contributed by atoms with van der Waals surface area (Å²) in [5, 5.41) is 24.3. The van der Waals surface area contributed by atoms with Crippen LogP contribution in [0.3, 0.4) is 0 Å². The number of halogens is 3. The fourth-order valence-corrected chi connectivity index (χ4v) is 8.75. The Morgan fingerprint density at radius 3 is 2.84 bits per heavy atom. The summed E-state index contributed by atoms with van der Waals surface area (Å²) in [6.45, 7) is 2.18. The molecule has 264 valence electrons.